The molecule has 0 fully saturated rings. The Morgan fingerprint density at radius 1 is 0.213 bits per heavy atom. The van der Waals surface area contributed by atoms with Gasteiger partial charge in [0.1, 0.15) is 0 Å². The lowest BCUT2D eigenvalue weighted by atomic mass is 9.75. The summed E-state index contributed by atoms with van der Waals surface area (Å²) in [6.07, 6.45) is 0. The summed E-state index contributed by atoms with van der Waals surface area (Å²) in [6.45, 7) is 0. The smallest absolute Gasteiger partial charge is 0.390 e. The molecule has 12 nitrogen and oxygen atoms in total. The van der Waals surface area contributed by atoms with Gasteiger partial charge >= 0.3 is 33.8 Å². The maximum absolute atomic E-state index is 14.8. The van der Waals surface area contributed by atoms with Gasteiger partial charge in [0.05, 0.1) is 67.8 Å². The highest BCUT2D eigenvalue weighted by Gasteiger charge is 2.46. The molecule has 0 aromatic heterocycles. The van der Waals surface area contributed by atoms with Gasteiger partial charge in [-0.1, -0.05) is 109 Å². The van der Waals surface area contributed by atoms with E-state index in [1.807, 2.05) is 0 Å². The predicted molar refractivity (Wildman–Crippen MR) is 278 cm³/mol. The van der Waals surface area contributed by atoms with Crippen molar-refractivity contribution in [2.24, 2.45) is 0 Å². The van der Waals surface area contributed by atoms with Gasteiger partial charge in [0.2, 0.25) is 0 Å². The topological polar surface area (TPSA) is 181 Å². The van der Waals surface area contributed by atoms with Crippen molar-refractivity contribution in [1.82, 2.24) is 0 Å². The summed E-state index contributed by atoms with van der Waals surface area (Å²) >= 11 is 0. The molecule has 0 spiro atoms. The number of fused-ring (bicyclic) bond motifs is 6. The monoisotopic (exact) mass is 981 g/mol. The molecule has 12 heteroatoms. The van der Waals surface area contributed by atoms with Crippen LogP contribution < -0.4 is 33.8 Å². The molecule has 6 aliphatic heterocycles. The Morgan fingerprint density at radius 3 is 0.547 bits per heavy atom. The summed E-state index contributed by atoms with van der Waals surface area (Å²) in [4.78, 5) is 88.7. The second-order valence-corrected chi connectivity index (χ2v) is 17.6. The number of benzene rings is 1. The number of furan rings is 6. The summed E-state index contributed by atoms with van der Waals surface area (Å²) in [5.41, 5.74) is -2.75. The van der Waals surface area contributed by atoms with Crippen molar-refractivity contribution in [1.29, 1.82) is 0 Å². The second-order valence-electron chi connectivity index (χ2n) is 17.6. The maximum Gasteiger partial charge on any atom is 0.394 e. The molecule has 75 heavy (non-hydrogen) atoms. The Hall–Kier alpha value is -10.6. The van der Waals surface area contributed by atoms with E-state index in [1.54, 1.807) is 200 Å². The zero-order valence-corrected chi connectivity index (χ0v) is 39.0. The van der Waals surface area contributed by atoms with E-state index in [0.717, 1.165) is 0 Å². The molecule has 0 bridgehead atoms. The molecule has 1 aromatic carbocycles. The first kappa shape index (κ1) is 44.4. The van der Waals surface area contributed by atoms with Gasteiger partial charge in [0.25, 0.3) is 0 Å². The van der Waals surface area contributed by atoms with E-state index in [9.17, 15) is 28.8 Å². The van der Waals surface area contributed by atoms with Gasteiger partial charge < -0.3 is 26.5 Å². The zero-order valence-electron chi connectivity index (χ0n) is 39.0. The fraction of sp³-hybridized carbons (Fsp3) is 0. The van der Waals surface area contributed by atoms with Crippen LogP contribution in [0.3, 0.4) is 0 Å². The average Bonchev–Trinajstić information content (AvgIpc) is 3.91. The van der Waals surface area contributed by atoms with E-state index in [1.165, 1.54) is 0 Å². The molecule has 12 aliphatic rings. The number of hydrogen-bond donors (Lipinski definition) is 0. The highest BCUT2D eigenvalue weighted by Crippen LogP contribution is 2.48. The van der Waals surface area contributed by atoms with Gasteiger partial charge in [0, 0.05) is 18.2 Å². The maximum atomic E-state index is 14.8. The summed E-state index contributed by atoms with van der Waals surface area (Å²) in [5.74, 6) is 1.26. The van der Waals surface area contributed by atoms with Crippen LogP contribution in [0.1, 0.15) is 50.1 Å². The van der Waals surface area contributed by atoms with Crippen LogP contribution in [0, 0.1) is 17.8 Å². The lowest BCUT2D eigenvalue weighted by Crippen LogP contribution is -2.23. The zero-order chi connectivity index (χ0) is 50.9. The SMILES string of the molecule is O=c1oc2cccccc-2c1[C+](c1cc([C+](c2c3cccccc-3oc2=O)c2c3cccccc-3oc2=O)cc([C+](c2c3cccccc-3oc2=O)c2c3cccccc-3oc2=O)c1)c1c2cccccc-2oc1=O. The van der Waals surface area contributed by atoms with Gasteiger partial charge in [0.15, 0.2) is 67.9 Å². The highest BCUT2D eigenvalue weighted by atomic mass is 16.4. The van der Waals surface area contributed by atoms with Crippen LogP contribution in [0.4, 0.5) is 0 Å². The highest BCUT2D eigenvalue weighted by molar-refractivity contribution is 5.84. The molecular formula is C63H33O12+3. The van der Waals surface area contributed by atoms with E-state index < -0.39 is 33.8 Å². The Morgan fingerprint density at radius 2 is 0.373 bits per heavy atom. The molecular weight excluding hydrogens is 949 g/mol. The lowest BCUT2D eigenvalue weighted by Gasteiger charge is -2.18. The third-order valence-electron chi connectivity index (χ3n) is 13.3. The molecule has 0 saturated carbocycles. The first-order valence-corrected chi connectivity index (χ1v) is 23.6. The standard InChI is InChI=1S/C63H33O12/c64-58-52(37-19-7-1-13-25-43(37)70-58)49(53-38-20-8-2-14-26-44(38)71-59(53)65)34-31-35(50(54-39-21-9-3-15-27-45(39)72-60(54)66)55-40-22-10-4-16-28-46(40)73-61(55)67)33-36(32-34)51(56-41-23-11-5-17-29-47(41)74-62(56)68)57-42-24-12-6-18-30-48(42)75-63(57)69/h1-33H/q+3. The molecule has 6 heterocycles. The van der Waals surface area contributed by atoms with Crippen LogP contribution in [-0.4, -0.2) is 0 Å². The van der Waals surface area contributed by atoms with Crippen molar-refractivity contribution in [2.75, 3.05) is 0 Å². The molecule has 354 valence electrons. The van der Waals surface area contributed by atoms with Crippen molar-refractivity contribution >= 4 is 0 Å². The van der Waals surface area contributed by atoms with Crippen LogP contribution in [0.25, 0.3) is 67.9 Å². The third-order valence-corrected chi connectivity index (χ3v) is 13.3. The number of rotatable bonds is 9. The van der Waals surface area contributed by atoms with E-state index >= 15 is 0 Å². The Balaban J connectivity index is 1.23. The lowest BCUT2D eigenvalue weighted by molar-refractivity contribution is 0.538. The summed E-state index contributed by atoms with van der Waals surface area (Å²) in [7, 11) is 0. The van der Waals surface area contributed by atoms with Crippen molar-refractivity contribution in [3.8, 4) is 67.9 Å². The second kappa shape index (κ2) is 17.6. The minimum absolute atomic E-state index is 0.0231. The van der Waals surface area contributed by atoms with Crippen LogP contribution in [0.5, 0.6) is 0 Å². The van der Waals surface area contributed by atoms with Crippen molar-refractivity contribution in [2.45, 2.75) is 0 Å². The fourth-order valence-electron chi connectivity index (χ4n) is 10.2. The van der Waals surface area contributed by atoms with Crippen LogP contribution in [0.15, 0.2) is 255 Å². The van der Waals surface area contributed by atoms with Crippen LogP contribution in [-0.2, 0) is 0 Å². The average molecular weight is 982 g/mol. The molecule has 6 aliphatic carbocycles. The molecule has 0 N–H and O–H groups in total. The molecule has 0 unspecified atom stereocenters. The van der Waals surface area contributed by atoms with E-state index in [-0.39, 0.29) is 102 Å². The molecule has 0 saturated heterocycles. The van der Waals surface area contributed by atoms with Crippen molar-refractivity contribution in [3.63, 3.8) is 0 Å². The van der Waals surface area contributed by atoms with Gasteiger partial charge in [-0.15, -0.1) is 0 Å². The van der Waals surface area contributed by atoms with Gasteiger partial charge in [-0.3, -0.25) is 0 Å². The van der Waals surface area contributed by atoms with E-state index in [2.05, 4.69) is 0 Å². The van der Waals surface area contributed by atoms with Gasteiger partial charge in [-0.2, -0.15) is 0 Å². The number of hydrogen-bond acceptors (Lipinski definition) is 12. The van der Waals surface area contributed by atoms with Gasteiger partial charge in [-0.05, 0) is 72.8 Å². The fourth-order valence-corrected chi connectivity index (χ4v) is 10.2. The first-order chi connectivity index (χ1) is 36.7. The summed E-state index contributed by atoms with van der Waals surface area (Å²) in [6, 6.07) is 55.9. The largest absolute Gasteiger partial charge is 0.394 e. The van der Waals surface area contributed by atoms with Crippen LogP contribution in [0.2, 0.25) is 0 Å². The Kier molecular flexibility index (Phi) is 10.4. The normalized spacial score (nSPS) is 11.5. The van der Waals surface area contributed by atoms with Crippen LogP contribution >= 0.6 is 0 Å². The van der Waals surface area contributed by atoms with Crippen molar-refractivity contribution < 1.29 is 26.5 Å². The molecule has 0 atom stereocenters. The molecule has 13 rings (SSSR count). The van der Waals surface area contributed by atoms with E-state index in [4.69, 9.17) is 26.5 Å². The van der Waals surface area contributed by atoms with Gasteiger partial charge in [-0.25, -0.2) is 28.8 Å². The Bertz CT molecular complexity index is 3780. The predicted octanol–water partition coefficient (Wildman–Crippen LogP) is 11.1. The minimum atomic E-state index is -0.809. The Labute approximate surface area is 423 Å². The summed E-state index contributed by atoms with van der Waals surface area (Å²) in [5, 5.41) is 0. The molecule has 0 amide bonds. The third kappa shape index (κ3) is 7.27. The quantitative estimate of drug-likeness (QED) is 0.125. The van der Waals surface area contributed by atoms with Crippen molar-refractivity contribution in [3.05, 3.63) is 331 Å². The molecule has 1 aromatic rings. The summed E-state index contributed by atoms with van der Waals surface area (Å²) < 4.78 is 35.9. The minimum Gasteiger partial charge on any atom is -0.390 e. The van der Waals surface area contributed by atoms with E-state index in [0.29, 0.717) is 33.4 Å². The molecule has 0 radical (unpaired) electrons. The first-order valence-electron chi connectivity index (χ1n) is 23.6.